The SMILES string of the molecule is Clc1cc(Nc2ncnc3sc(C#C[C@@H]4CCCN4)cc23)ccc1Oc1ccccn1. The van der Waals surface area contributed by atoms with E-state index in [2.05, 4.69) is 37.4 Å². The molecule has 1 aliphatic heterocycles. The minimum Gasteiger partial charge on any atom is -0.437 e. The van der Waals surface area contributed by atoms with E-state index in [4.69, 9.17) is 16.3 Å². The van der Waals surface area contributed by atoms with Crippen LogP contribution in [0.25, 0.3) is 10.2 Å². The first-order valence-corrected chi connectivity index (χ1v) is 11.1. The second kappa shape index (κ2) is 8.90. The molecule has 1 atom stereocenters. The summed E-state index contributed by atoms with van der Waals surface area (Å²) in [7, 11) is 0. The Balaban J connectivity index is 1.36. The van der Waals surface area contributed by atoms with Gasteiger partial charge >= 0.3 is 0 Å². The highest BCUT2D eigenvalue weighted by Crippen LogP contribution is 2.34. The lowest BCUT2D eigenvalue weighted by molar-refractivity contribution is 0.463. The highest BCUT2D eigenvalue weighted by molar-refractivity contribution is 7.19. The van der Waals surface area contributed by atoms with Crippen molar-refractivity contribution in [3.63, 3.8) is 0 Å². The first-order valence-electron chi connectivity index (χ1n) is 9.89. The van der Waals surface area contributed by atoms with Gasteiger partial charge in [-0.1, -0.05) is 29.5 Å². The van der Waals surface area contributed by atoms with E-state index in [1.165, 1.54) is 6.42 Å². The maximum atomic E-state index is 6.42. The molecule has 0 saturated carbocycles. The van der Waals surface area contributed by atoms with Crippen molar-refractivity contribution in [2.24, 2.45) is 0 Å². The first kappa shape index (κ1) is 19.8. The van der Waals surface area contributed by atoms with Gasteiger partial charge in [0, 0.05) is 18.0 Å². The largest absolute Gasteiger partial charge is 0.437 e. The number of hydrogen-bond acceptors (Lipinski definition) is 7. The number of anilines is 2. The maximum Gasteiger partial charge on any atom is 0.219 e. The van der Waals surface area contributed by atoms with Crippen molar-refractivity contribution >= 4 is 44.7 Å². The second-order valence-corrected chi connectivity index (χ2v) is 8.45. The molecule has 0 amide bonds. The molecule has 1 aliphatic rings. The van der Waals surface area contributed by atoms with Gasteiger partial charge in [-0.3, -0.25) is 0 Å². The fourth-order valence-electron chi connectivity index (χ4n) is 3.30. The van der Waals surface area contributed by atoms with E-state index in [1.54, 1.807) is 42.1 Å². The minimum absolute atomic E-state index is 0.280. The Morgan fingerprint density at radius 2 is 2.13 bits per heavy atom. The van der Waals surface area contributed by atoms with Crippen LogP contribution in [-0.2, 0) is 0 Å². The molecule has 3 aromatic heterocycles. The standard InChI is InChI=1S/C23H18ClN5OS/c24-19-12-16(7-9-20(19)30-21-5-1-2-10-26-21)29-22-18-13-17(31-23(18)28-14-27-22)8-6-15-4-3-11-25-15/h1-2,5,7,9-10,12-15,25H,3-4,11H2,(H,27,28,29)/t15-/m0/s1. The minimum atomic E-state index is 0.280. The normalized spacial score (nSPS) is 15.5. The molecule has 8 heteroatoms. The fraction of sp³-hybridized carbons (Fsp3) is 0.174. The second-order valence-electron chi connectivity index (χ2n) is 7.01. The number of halogens is 1. The van der Waals surface area contributed by atoms with E-state index in [1.807, 2.05) is 24.3 Å². The summed E-state index contributed by atoms with van der Waals surface area (Å²) in [5.74, 6) is 8.31. The average molecular weight is 448 g/mol. The third kappa shape index (κ3) is 4.62. The van der Waals surface area contributed by atoms with Crippen LogP contribution in [0.1, 0.15) is 17.7 Å². The Bertz CT molecular complexity index is 1280. The van der Waals surface area contributed by atoms with Gasteiger partial charge < -0.3 is 15.4 Å². The number of benzene rings is 1. The monoisotopic (exact) mass is 447 g/mol. The van der Waals surface area contributed by atoms with Crippen LogP contribution in [-0.4, -0.2) is 27.5 Å². The molecule has 4 aromatic rings. The molecule has 0 unspecified atom stereocenters. The predicted octanol–water partition coefficient (Wildman–Crippen LogP) is 5.38. The highest BCUT2D eigenvalue weighted by atomic mass is 35.5. The van der Waals surface area contributed by atoms with Crippen molar-refractivity contribution in [1.29, 1.82) is 0 Å². The van der Waals surface area contributed by atoms with Gasteiger partial charge in [0.1, 0.15) is 22.7 Å². The summed E-state index contributed by atoms with van der Waals surface area (Å²) in [5, 5.41) is 8.13. The average Bonchev–Trinajstić information content (AvgIpc) is 3.45. The smallest absolute Gasteiger partial charge is 0.219 e. The summed E-state index contributed by atoms with van der Waals surface area (Å²) in [6.45, 7) is 1.04. The Kier molecular flexibility index (Phi) is 5.67. The topological polar surface area (TPSA) is 72.0 Å². The predicted molar refractivity (Wildman–Crippen MR) is 124 cm³/mol. The zero-order chi connectivity index (χ0) is 21.0. The lowest BCUT2D eigenvalue weighted by Crippen LogP contribution is -2.18. The number of hydrogen-bond donors (Lipinski definition) is 2. The summed E-state index contributed by atoms with van der Waals surface area (Å²) >= 11 is 7.99. The van der Waals surface area contributed by atoms with Crippen LogP contribution in [0.15, 0.2) is 55.0 Å². The summed E-state index contributed by atoms with van der Waals surface area (Å²) in [6.07, 6.45) is 5.51. The number of rotatable bonds is 4. The summed E-state index contributed by atoms with van der Waals surface area (Å²) < 4.78 is 5.74. The number of aromatic nitrogens is 3. The summed E-state index contributed by atoms with van der Waals surface area (Å²) in [6, 6.07) is 13.3. The molecule has 5 rings (SSSR count). The summed E-state index contributed by atoms with van der Waals surface area (Å²) in [5.41, 5.74) is 0.798. The molecule has 0 spiro atoms. The van der Waals surface area contributed by atoms with E-state index in [-0.39, 0.29) is 6.04 Å². The van der Waals surface area contributed by atoms with Crippen LogP contribution in [0, 0.1) is 11.8 Å². The Morgan fingerprint density at radius 3 is 2.94 bits per heavy atom. The Morgan fingerprint density at radius 1 is 1.16 bits per heavy atom. The molecule has 1 aromatic carbocycles. The van der Waals surface area contributed by atoms with Crippen molar-refractivity contribution in [2.45, 2.75) is 18.9 Å². The Labute approximate surface area is 188 Å². The van der Waals surface area contributed by atoms with Gasteiger partial charge in [-0.2, -0.15) is 0 Å². The number of ether oxygens (including phenoxy) is 1. The number of fused-ring (bicyclic) bond motifs is 1. The van der Waals surface area contributed by atoms with Gasteiger partial charge in [0.15, 0.2) is 0 Å². The number of thiophene rings is 1. The molecule has 1 saturated heterocycles. The van der Waals surface area contributed by atoms with Crippen molar-refractivity contribution in [3.8, 4) is 23.5 Å². The zero-order valence-electron chi connectivity index (χ0n) is 16.4. The van der Waals surface area contributed by atoms with Crippen molar-refractivity contribution < 1.29 is 4.74 Å². The van der Waals surface area contributed by atoms with Crippen LogP contribution >= 0.6 is 22.9 Å². The quantitative estimate of drug-likeness (QED) is 0.409. The third-order valence-electron chi connectivity index (χ3n) is 4.81. The molecule has 2 N–H and O–H groups in total. The van der Waals surface area contributed by atoms with Crippen molar-refractivity contribution in [2.75, 3.05) is 11.9 Å². The first-order chi connectivity index (χ1) is 15.2. The Hall–Kier alpha value is -3.18. The lowest BCUT2D eigenvalue weighted by atomic mass is 10.2. The third-order valence-corrected chi connectivity index (χ3v) is 6.06. The van der Waals surface area contributed by atoms with Gasteiger partial charge in [0.2, 0.25) is 5.88 Å². The molecule has 31 heavy (non-hydrogen) atoms. The van der Waals surface area contributed by atoms with Crippen molar-refractivity contribution in [1.82, 2.24) is 20.3 Å². The zero-order valence-corrected chi connectivity index (χ0v) is 18.0. The molecule has 0 aliphatic carbocycles. The molecule has 0 radical (unpaired) electrons. The van der Waals surface area contributed by atoms with Crippen LogP contribution in [0.3, 0.4) is 0 Å². The van der Waals surface area contributed by atoms with E-state index in [0.717, 1.165) is 33.7 Å². The highest BCUT2D eigenvalue weighted by Gasteiger charge is 2.12. The van der Waals surface area contributed by atoms with Gasteiger partial charge in [0.25, 0.3) is 0 Å². The van der Waals surface area contributed by atoms with Gasteiger partial charge in [-0.15, -0.1) is 11.3 Å². The van der Waals surface area contributed by atoms with E-state index in [9.17, 15) is 0 Å². The number of nitrogens with one attached hydrogen (secondary N) is 2. The number of nitrogens with zero attached hydrogens (tertiary/aromatic N) is 3. The van der Waals surface area contributed by atoms with Crippen LogP contribution in [0.4, 0.5) is 11.5 Å². The van der Waals surface area contributed by atoms with E-state index in [0.29, 0.717) is 22.5 Å². The van der Waals surface area contributed by atoms with Gasteiger partial charge in [0.05, 0.1) is 21.3 Å². The van der Waals surface area contributed by atoms with Crippen LogP contribution < -0.4 is 15.4 Å². The van der Waals surface area contributed by atoms with Crippen molar-refractivity contribution in [3.05, 3.63) is 64.9 Å². The van der Waals surface area contributed by atoms with E-state index >= 15 is 0 Å². The number of pyridine rings is 1. The molecular weight excluding hydrogens is 430 g/mol. The molecule has 0 bridgehead atoms. The molecule has 6 nitrogen and oxygen atoms in total. The fourth-order valence-corrected chi connectivity index (χ4v) is 4.38. The lowest BCUT2D eigenvalue weighted by Gasteiger charge is -2.10. The van der Waals surface area contributed by atoms with E-state index < -0.39 is 0 Å². The maximum absolute atomic E-state index is 6.42. The van der Waals surface area contributed by atoms with Gasteiger partial charge in [-0.05, 0) is 49.7 Å². The summed E-state index contributed by atoms with van der Waals surface area (Å²) in [4.78, 5) is 14.8. The molecule has 1 fully saturated rings. The van der Waals surface area contributed by atoms with Crippen LogP contribution in [0.5, 0.6) is 11.6 Å². The molecule has 154 valence electrons. The molecule has 4 heterocycles. The van der Waals surface area contributed by atoms with Gasteiger partial charge in [-0.25, -0.2) is 15.0 Å². The van der Waals surface area contributed by atoms with Crippen LogP contribution in [0.2, 0.25) is 5.02 Å². The molecular formula is C23H18ClN5OS.